The maximum atomic E-state index is 13.4. The molecule has 0 saturated carbocycles. The zero-order valence-electron chi connectivity index (χ0n) is 16.1. The number of aryl methyl sites for hydroxylation is 1. The van der Waals surface area contributed by atoms with Crippen LogP contribution in [-0.2, 0) is 16.0 Å². The number of benzene rings is 2. The lowest BCUT2D eigenvalue weighted by Crippen LogP contribution is -2.56. The highest BCUT2D eigenvalue weighted by Crippen LogP contribution is 2.30. The summed E-state index contributed by atoms with van der Waals surface area (Å²) in [4.78, 5) is 33.9. The number of piperazine rings is 1. The van der Waals surface area contributed by atoms with E-state index >= 15 is 0 Å². The minimum Gasteiger partial charge on any atom is -0.325 e. The smallest absolute Gasteiger partial charge is 0.254 e. The lowest BCUT2D eigenvalue weighted by Gasteiger charge is -2.40. The number of hydrogen-bond donors (Lipinski definition) is 0. The molecule has 1 aliphatic heterocycles. The van der Waals surface area contributed by atoms with Gasteiger partial charge in [0.15, 0.2) is 0 Å². The van der Waals surface area contributed by atoms with Crippen molar-refractivity contribution >= 4 is 17.5 Å². The van der Waals surface area contributed by atoms with Crippen molar-refractivity contribution in [2.45, 2.75) is 18.9 Å². The number of carbonyl (C=O) groups is 2. The van der Waals surface area contributed by atoms with Gasteiger partial charge in [-0.05, 0) is 48.2 Å². The molecule has 4 rings (SSSR count). The highest BCUT2D eigenvalue weighted by atomic mass is 16.2. The average molecular weight is 385 g/mol. The van der Waals surface area contributed by atoms with Crippen LogP contribution in [0, 0.1) is 0 Å². The molecule has 5 nitrogen and oxygen atoms in total. The van der Waals surface area contributed by atoms with E-state index in [1.165, 1.54) is 5.56 Å². The van der Waals surface area contributed by atoms with Crippen molar-refractivity contribution in [3.05, 3.63) is 96.3 Å². The molecule has 0 aliphatic carbocycles. The van der Waals surface area contributed by atoms with Crippen molar-refractivity contribution in [3.63, 3.8) is 0 Å². The fourth-order valence-electron chi connectivity index (χ4n) is 3.78. The topological polar surface area (TPSA) is 53.5 Å². The molecule has 1 aliphatic rings. The number of pyridine rings is 1. The lowest BCUT2D eigenvalue weighted by molar-refractivity contribution is -0.143. The van der Waals surface area contributed by atoms with Gasteiger partial charge in [-0.2, -0.15) is 0 Å². The number of rotatable bonds is 6. The third-order valence-electron chi connectivity index (χ3n) is 5.22. The molecule has 1 aromatic heterocycles. The van der Waals surface area contributed by atoms with Gasteiger partial charge < -0.3 is 9.80 Å². The van der Waals surface area contributed by atoms with Gasteiger partial charge in [-0.1, -0.05) is 48.5 Å². The predicted octanol–water partition coefficient (Wildman–Crippen LogP) is 3.63. The van der Waals surface area contributed by atoms with Crippen LogP contribution in [0.4, 0.5) is 5.69 Å². The summed E-state index contributed by atoms with van der Waals surface area (Å²) in [5.41, 5.74) is 2.77. The molecule has 0 bridgehead atoms. The predicted molar refractivity (Wildman–Crippen MR) is 112 cm³/mol. The van der Waals surface area contributed by atoms with Gasteiger partial charge in [0, 0.05) is 24.6 Å². The van der Waals surface area contributed by atoms with Crippen molar-refractivity contribution in [1.29, 1.82) is 0 Å². The Balaban J connectivity index is 1.58. The maximum absolute atomic E-state index is 13.4. The van der Waals surface area contributed by atoms with E-state index in [1.807, 2.05) is 60.7 Å². The first kappa shape index (κ1) is 18.9. The quantitative estimate of drug-likeness (QED) is 0.651. The molecule has 29 heavy (non-hydrogen) atoms. The first-order valence-electron chi connectivity index (χ1n) is 9.84. The van der Waals surface area contributed by atoms with Crippen molar-refractivity contribution < 1.29 is 9.59 Å². The molecule has 0 radical (unpaired) electrons. The Kier molecular flexibility index (Phi) is 5.66. The molecule has 1 fully saturated rings. The van der Waals surface area contributed by atoms with Gasteiger partial charge in [-0.25, -0.2) is 0 Å². The average Bonchev–Trinajstić information content (AvgIpc) is 2.78. The minimum absolute atomic E-state index is 0.0386. The Labute approximate surface area is 170 Å². The lowest BCUT2D eigenvalue weighted by atomic mass is 10.0. The second-order valence-corrected chi connectivity index (χ2v) is 7.12. The summed E-state index contributed by atoms with van der Waals surface area (Å²) in [6.45, 7) is 0.602. The van der Waals surface area contributed by atoms with E-state index < -0.39 is 6.04 Å². The van der Waals surface area contributed by atoms with E-state index in [4.69, 9.17) is 0 Å². The molecule has 0 N–H and O–H groups in total. The maximum Gasteiger partial charge on any atom is 0.254 e. The summed E-state index contributed by atoms with van der Waals surface area (Å²) in [6.07, 6.45) is 4.99. The Bertz CT molecular complexity index is 961. The molecule has 0 spiro atoms. The van der Waals surface area contributed by atoms with E-state index in [2.05, 4.69) is 17.1 Å². The summed E-state index contributed by atoms with van der Waals surface area (Å²) in [6, 6.07) is 22.6. The molecule has 5 heteroatoms. The summed E-state index contributed by atoms with van der Waals surface area (Å²) < 4.78 is 0. The summed E-state index contributed by atoms with van der Waals surface area (Å²) >= 11 is 0. The highest BCUT2D eigenvalue weighted by Gasteiger charge is 2.40. The summed E-state index contributed by atoms with van der Waals surface area (Å²) in [7, 11) is 0. The Morgan fingerprint density at radius 3 is 2.21 bits per heavy atom. The number of para-hydroxylation sites is 1. The number of anilines is 1. The molecule has 1 unspecified atom stereocenters. The van der Waals surface area contributed by atoms with E-state index in [-0.39, 0.29) is 18.4 Å². The first-order valence-corrected chi connectivity index (χ1v) is 9.84. The molecule has 2 amide bonds. The third kappa shape index (κ3) is 4.19. The van der Waals surface area contributed by atoms with Crippen LogP contribution in [0.5, 0.6) is 0 Å². The van der Waals surface area contributed by atoms with E-state index in [0.717, 1.165) is 24.1 Å². The van der Waals surface area contributed by atoms with Gasteiger partial charge in [0.2, 0.25) is 5.91 Å². The van der Waals surface area contributed by atoms with Crippen molar-refractivity contribution in [1.82, 2.24) is 9.88 Å². The second kappa shape index (κ2) is 8.69. The molecule has 2 aromatic carbocycles. The number of aromatic nitrogens is 1. The van der Waals surface area contributed by atoms with E-state index in [0.29, 0.717) is 6.54 Å². The van der Waals surface area contributed by atoms with Crippen LogP contribution in [0.2, 0.25) is 0 Å². The van der Waals surface area contributed by atoms with Crippen LogP contribution in [0.25, 0.3) is 0 Å². The Hall–Kier alpha value is -3.47. The molecule has 2 heterocycles. The number of carbonyl (C=O) groups excluding carboxylic acids is 2. The van der Waals surface area contributed by atoms with Crippen molar-refractivity contribution in [3.8, 4) is 0 Å². The van der Waals surface area contributed by atoms with Gasteiger partial charge in [-0.3, -0.25) is 14.6 Å². The molecule has 146 valence electrons. The minimum atomic E-state index is -0.629. The van der Waals surface area contributed by atoms with Crippen LogP contribution in [0.1, 0.15) is 23.6 Å². The van der Waals surface area contributed by atoms with Crippen LogP contribution < -0.4 is 4.90 Å². The van der Waals surface area contributed by atoms with Crippen LogP contribution in [-0.4, -0.2) is 34.8 Å². The Morgan fingerprint density at radius 1 is 0.862 bits per heavy atom. The molecule has 3 aromatic rings. The normalized spacial score (nSPS) is 16.9. The van der Waals surface area contributed by atoms with Gasteiger partial charge in [0.1, 0.15) is 12.6 Å². The highest BCUT2D eigenvalue weighted by molar-refractivity contribution is 6.06. The molecule has 1 saturated heterocycles. The zero-order valence-corrected chi connectivity index (χ0v) is 16.1. The number of nitrogens with zero attached hydrogens (tertiary/aromatic N) is 3. The van der Waals surface area contributed by atoms with Crippen LogP contribution in [0.15, 0.2) is 85.2 Å². The van der Waals surface area contributed by atoms with Crippen molar-refractivity contribution in [2.24, 2.45) is 0 Å². The van der Waals surface area contributed by atoms with Gasteiger partial charge >= 0.3 is 0 Å². The van der Waals surface area contributed by atoms with Crippen LogP contribution in [0.3, 0.4) is 0 Å². The number of hydrogen-bond acceptors (Lipinski definition) is 3. The van der Waals surface area contributed by atoms with E-state index in [1.54, 1.807) is 22.2 Å². The fraction of sp³-hybridized carbons (Fsp3) is 0.208. The van der Waals surface area contributed by atoms with E-state index in [9.17, 15) is 9.59 Å². The summed E-state index contributed by atoms with van der Waals surface area (Å²) in [5.74, 6) is -0.120. The monoisotopic (exact) mass is 385 g/mol. The number of amides is 2. The fourth-order valence-corrected chi connectivity index (χ4v) is 3.78. The molecule has 1 atom stereocenters. The Morgan fingerprint density at radius 2 is 1.52 bits per heavy atom. The van der Waals surface area contributed by atoms with Gasteiger partial charge in [0.25, 0.3) is 5.91 Å². The first-order chi connectivity index (χ1) is 14.2. The van der Waals surface area contributed by atoms with Crippen molar-refractivity contribution in [2.75, 3.05) is 18.0 Å². The second-order valence-electron chi connectivity index (χ2n) is 7.12. The van der Waals surface area contributed by atoms with Gasteiger partial charge in [-0.15, -0.1) is 0 Å². The van der Waals surface area contributed by atoms with Crippen LogP contribution >= 0.6 is 0 Å². The summed E-state index contributed by atoms with van der Waals surface area (Å²) in [5, 5.41) is 0. The third-order valence-corrected chi connectivity index (χ3v) is 5.22. The molecular weight excluding hydrogens is 362 g/mol. The standard InChI is InChI=1S/C24H23N3O2/c28-22-18-27(21-11-5-2-6-12-21)24(29)23(20-13-15-25-16-14-20)26(22)17-7-10-19-8-3-1-4-9-19/h1-6,8-9,11-16,23H,7,10,17-18H2. The molecular formula is C24H23N3O2. The van der Waals surface area contributed by atoms with Gasteiger partial charge in [0.05, 0.1) is 0 Å². The largest absolute Gasteiger partial charge is 0.325 e. The SMILES string of the molecule is O=C1C(c2ccncc2)N(CCCc2ccccc2)C(=O)CN1c1ccccc1. The zero-order chi connectivity index (χ0) is 20.1.